The van der Waals surface area contributed by atoms with Crippen molar-refractivity contribution in [1.82, 2.24) is 10.2 Å². The van der Waals surface area contributed by atoms with Crippen molar-refractivity contribution in [3.63, 3.8) is 0 Å². The van der Waals surface area contributed by atoms with Crippen LogP contribution in [0.15, 0.2) is 48.5 Å². The lowest BCUT2D eigenvalue weighted by molar-refractivity contribution is 0.0934. The van der Waals surface area contributed by atoms with E-state index in [1.807, 2.05) is 24.3 Å². The van der Waals surface area contributed by atoms with E-state index in [1.165, 1.54) is 41.5 Å². The van der Waals surface area contributed by atoms with E-state index in [0.717, 1.165) is 13.1 Å². The first-order chi connectivity index (χ1) is 13.7. The van der Waals surface area contributed by atoms with Crippen LogP contribution in [0, 0.1) is 0 Å². The Hall–Kier alpha value is -2.37. The number of ether oxygens (including phenoxy) is 1. The highest BCUT2D eigenvalue weighted by Crippen LogP contribution is 2.44. The molecule has 0 radical (unpaired) electrons. The van der Waals surface area contributed by atoms with Crippen molar-refractivity contribution in [3.05, 3.63) is 59.7 Å². The number of carbonyl (C=O) groups is 1. The van der Waals surface area contributed by atoms with Crippen LogP contribution in [0.2, 0.25) is 0 Å². The van der Waals surface area contributed by atoms with Crippen molar-refractivity contribution in [2.24, 2.45) is 0 Å². The van der Waals surface area contributed by atoms with E-state index in [2.05, 4.69) is 34.5 Å². The zero-order valence-electron chi connectivity index (χ0n) is 16.1. The molecule has 0 saturated carbocycles. The van der Waals surface area contributed by atoms with Crippen LogP contribution in [-0.2, 0) is 4.74 Å². The fourth-order valence-electron chi connectivity index (χ4n) is 4.36. The summed E-state index contributed by atoms with van der Waals surface area (Å²) in [4.78, 5) is 14.4. The maximum absolute atomic E-state index is 12.2. The predicted molar refractivity (Wildman–Crippen MR) is 109 cm³/mol. The number of aliphatic hydroxyl groups is 1. The van der Waals surface area contributed by atoms with Crippen LogP contribution >= 0.6 is 0 Å². The van der Waals surface area contributed by atoms with Gasteiger partial charge in [0.15, 0.2) is 0 Å². The Morgan fingerprint density at radius 2 is 1.64 bits per heavy atom. The molecule has 0 spiro atoms. The third kappa shape index (κ3) is 4.21. The Morgan fingerprint density at radius 3 is 2.29 bits per heavy atom. The molecular formula is C23H28N2O3. The number of nitrogens with zero attached hydrogens (tertiary/aromatic N) is 1. The fourth-order valence-corrected chi connectivity index (χ4v) is 4.36. The topological polar surface area (TPSA) is 61.8 Å². The molecule has 28 heavy (non-hydrogen) atoms. The minimum Gasteiger partial charge on any atom is -0.449 e. The van der Waals surface area contributed by atoms with Crippen molar-refractivity contribution in [1.29, 1.82) is 0 Å². The molecule has 4 rings (SSSR count). The molecule has 1 aliphatic carbocycles. The van der Waals surface area contributed by atoms with Crippen LogP contribution in [0.5, 0.6) is 0 Å². The Balaban J connectivity index is 1.29. The van der Waals surface area contributed by atoms with Crippen LogP contribution in [-0.4, -0.2) is 55.0 Å². The Morgan fingerprint density at radius 1 is 1.04 bits per heavy atom. The Kier molecular flexibility index (Phi) is 5.93. The summed E-state index contributed by atoms with van der Waals surface area (Å²) in [5.74, 6) is 0.0522. The molecule has 1 amide bonds. The van der Waals surface area contributed by atoms with E-state index >= 15 is 0 Å². The highest BCUT2D eigenvalue weighted by Gasteiger charge is 2.29. The van der Waals surface area contributed by atoms with Gasteiger partial charge in [-0.1, -0.05) is 55.0 Å². The fraction of sp³-hybridized carbons (Fsp3) is 0.435. The van der Waals surface area contributed by atoms with E-state index in [-0.39, 0.29) is 12.5 Å². The average molecular weight is 380 g/mol. The minimum absolute atomic E-state index is 0.0522. The monoisotopic (exact) mass is 380 g/mol. The first-order valence-electron chi connectivity index (χ1n) is 10.2. The molecule has 1 aliphatic heterocycles. The number of piperidine rings is 1. The number of carbonyl (C=O) groups excluding carboxylic acids is 1. The molecule has 2 aromatic rings. The molecule has 2 aliphatic rings. The van der Waals surface area contributed by atoms with Gasteiger partial charge in [0.25, 0.3) is 0 Å². The molecule has 1 fully saturated rings. The van der Waals surface area contributed by atoms with E-state index in [4.69, 9.17) is 4.74 Å². The molecule has 2 aromatic carbocycles. The van der Waals surface area contributed by atoms with Crippen molar-refractivity contribution < 1.29 is 14.6 Å². The molecule has 1 unspecified atom stereocenters. The lowest BCUT2D eigenvalue weighted by Gasteiger charge is -2.28. The molecule has 5 heteroatoms. The number of rotatable bonds is 6. The molecule has 1 saturated heterocycles. The smallest absolute Gasteiger partial charge is 0.407 e. The lowest BCUT2D eigenvalue weighted by atomic mass is 9.98. The highest BCUT2D eigenvalue weighted by molar-refractivity contribution is 5.79. The van der Waals surface area contributed by atoms with Gasteiger partial charge >= 0.3 is 6.09 Å². The standard InChI is InChI=1S/C23H28N2O3/c26-17(15-25-12-6-1-7-13-25)14-24-23(27)28-16-22-20-10-4-2-8-18(20)19-9-3-5-11-21(19)22/h2-5,8-11,17,22,26H,1,6-7,12-16H2,(H,24,27). The number of β-amino-alcohol motifs (C(OH)–C–C–N with tert-alkyl or cyclic N) is 1. The minimum atomic E-state index is -0.571. The number of fused-ring (bicyclic) bond motifs is 3. The number of likely N-dealkylation sites (tertiary alicyclic amines) is 1. The quantitative estimate of drug-likeness (QED) is 0.807. The molecule has 5 nitrogen and oxygen atoms in total. The van der Waals surface area contributed by atoms with Crippen LogP contribution in [0.25, 0.3) is 11.1 Å². The second kappa shape index (κ2) is 8.76. The van der Waals surface area contributed by atoms with Gasteiger partial charge in [0.2, 0.25) is 0 Å². The zero-order chi connectivity index (χ0) is 19.3. The number of benzene rings is 2. The van der Waals surface area contributed by atoms with E-state index in [1.54, 1.807) is 0 Å². The first-order valence-corrected chi connectivity index (χ1v) is 10.2. The summed E-state index contributed by atoms with van der Waals surface area (Å²) >= 11 is 0. The first kappa shape index (κ1) is 19.0. The summed E-state index contributed by atoms with van der Waals surface area (Å²) in [5, 5.41) is 12.9. The summed E-state index contributed by atoms with van der Waals surface area (Å²) in [7, 11) is 0. The maximum atomic E-state index is 12.2. The summed E-state index contributed by atoms with van der Waals surface area (Å²) in [6.07, 6.45) is 2.60. The van der Waals surface area contributed by atoms with Gasteiger partial charge in [-0.15, -0.1) is 0 Å². The van der Waals surface area contributed by atoms with Gasteiger partial charge < -0.3 is 20.1 Å². The van der Waals surface area contributed by atoms with Gasteiger partial charge in [-0.05, 0) is 48.2 Å². The predicted octanol–water partition coefficient (Wildman–Crippen LogP) is 3.37. The highest BCUT2D eigenvalue weighted by atomic mass is 16.5. The normalized spacial score (nSPS) is 17.6. The average Bonchev–Trinajstić information content (AvgIpc) is 3.05. The zero-order valence-corrected chi connectivity index (χ0v) is 16.1. The van der Waals surface area contributed by atoms with Gasteiger partial charge in [-0.25, -0.2) is 4.79 Å². The number of hydrogen-bond donors (Lipinski definition) is 2. The summed E-state index contributed by atoms with van der Waals surface area (Å²) in [6, 6.07) is 16.6. The summed E-state index contributed by atoms with van der Waals surface area (Å²) in [6.45, 7) is 3.17. The van der Waals surface area contributed by atoms with Crippen LogP contribution in [0.1, 0.15) is 36.3 Å². The number of nitrogens with one attached hydrogen (secondary N) is 1. The molecule has 1 atom stereocenters. The Bertz CT molecular complexity index is 771. The van der Waals surface area contributed by atoms with Crippen LogP contribution in [0.4, 0.5) is 4.79 Å². The molecular weight excluding hydrogens is 352 g/mol. The number of alkyl carbamates (subject to hydrolysis) is 1. The van der Waals surface area contributed by atoms with Crippen LogP contribution in [0.3, 0.4) is 0 Å². The summed E-state index contributed by atoms with van der Waals surface area (Å²) < 4.78 is 5.51. The number of hydrogen-bond acceptors (Lipinski definition) is 4. The SMILES string of the molecule is O=C(NCC(O)CN1CCCCC1)OCC1c2ccccc2-c2ccccc21. The number of amides is 1. The third-order valence-electron chi connectivity index (χ3n) is 5.74. The van der Waals surface area contributed by atoms with Crippen LogP contribution < -0.4 is 5.32 Å². The van der Waals surface area contributed by atoms with E-state index in [0.29, 0.717) is 13.2 Å². The molecule has 148 valence electrons. The maximum Gasteiger partial charge on any atom is 0.407 e. The van der Waals surface area contributed by atoms with Crippen molar-refractivity contribution in [2.75, 3.05) is 32.8 Å². The third-order valence-corrected chi connectivity index (χ3v) is 5.74. The Labute approximate surface area is 166 Å². The molecule has 1 heterocycles. The lowest BCUT2D eigenvalue weighted by Crippen LogP contribution is -2.42. The van der Waals surface area contributed by atoms with Gasteiger partial charge in [0.1, 0.15) is 6.61 Å². The van der Waals surface area contributed by atoms with Crippen molar-refractivity contribution in [2.45, 2.75) is 31.3 Å². The van der Waals surface area contributed by atoms with Gasteiger partial charge in [0, 0.05) is 19.0 Å². The van der Waals surface area contributed by atoms with Gasteiger partial charge in [0.05, 0.1) is 6.10 Å². The molecule has 0 bridgehead atoms. The van der Waals surface area contributed by atoms with Crippen molar-refractivity contribution >= 4 is 6.09 Å². The molecule has 0 aromatic heterocycles. The second-order valence-electron chi connectivity index (χ2n) is 7.72. The van der Waals surface area contributed by atoms with Crippen molar-refractivity contribution in [3.8, 4) is 11.1 Å². The molecule has 2 N–H and O–H groups in total. The summed E-state index contributed by atoms with van der Waals surface area (Å²) in [5.41, 5.74) is 4.82. The van der Waals surface area contributed by atoms with Gasteiger partial charge in [-0.3, -0.25) is 0 Å². The number of aliphatic hydroxyl groups excluding tert-OH is 1. The second-order valence-corrected chi connectivity index (χ2v) is 7.72. The van der Waals surface area contributed by atoms with E-state index in [9.17, 15) is 9.90 Å². The van der Waals surface area contributed by atoms with Gasteiger partial charge in [-0.2, -0.15) is 0 Å². The largest absolute Gasteiger partial charge is 0.449 e. The van der Waals surface area contributed by atoms with E-state index < -0.39 is 12.2 Å².